The van der Waals surface area contributed by atoms with Crippen LogP contribution in [0.3, 0.4) is 0 Å². The number of halogens is 2. The Morgan fingerprint density at radius 1 is 1.35 bits per heavy atom. The van der Waals surface area contributed by atoms with Crippen molar-refractivity contribution in [2.24, 2.45) is 5.92 Å². The molecule has 0 spiro atoms. The summed E-state index contributed by atoms with van der Waals surface area (Å²) in [5.74, 6) is 0.259. The molecule has 0 aliphatic carbocycles. The molecule has 5 heteroatoms. The normalized spacial score (nSPS) is 10.9. The Morgan fingerprint density at radius 3 is 2.65 bits per heavy atom. The van der Waals surface area contributed by atoms with Gasteiger partial charge in [0, 0.05) is 12.6 Å². The zero-order chi connectivity index (χ0) is 12.8. The Labute approximate surface area is 105 Å². The van der Waals surface area contributed by atoms with Crippen LogP contribution in [-0.4, -0.2) is 17.3 Å². The molecule has 0 unspecified atom stereocenters. The highest BCUT2D eigenvalue weighted by atomic mass is 32.2. The van der Waals surface area contributed by atoms with E-state index < -0.39 is 11.6 Å². The number of thioether (sulfide) groups is 1. The first kappa shape index (κ1) is 14.2. The lowest BCUT2D eigenvalue weighted by molar-refractivity contribution is 0.550. The molecule has 0 radical (unpaired) electrons. The molecule has 1 aromatic heterocycles. The summed E-state index contributed by atoms with van der Waals surface area (Å²) in [7, 11) is 0. The molecule has 1 aromatic rings. The molecule has 1 heterocycles. The maximum absolute atomic E-state index is 13.4. The minimum atomic E-state index is -0.641. The summed E-state index contributed by atoms with van der Waals surface area (Å²) in [6, 6.07) is 0.892. The van der Waals surface area contributed by atoms with E-state index in [1.54, 1.807) is 0 Å². The lowest BCUT2D eigenvalue weighted by Crippen LogP contribution is -2.04. The number of hydrogen-bond donors (Lipinski definition) is 1. The van der Waals surface area contributed by atoms with E-state index in [1.165, 1.54) is 11.8 Å². The topological polar surface area (TPSA) is 24.9 Å². The molecule has 96 valence electrons. The lowest BCUT2D eigenvalue weighted by Gasteiger charge is -2.08. The third kappa shape index (κ3) is 4.50. The zero-order valence-electron chi connectivity index (χ0n) is 10.4. The SMILES string of the molecule is CCNc1nc(SCCC(C)C)c(F)cc1F. The first-order valence-electron chi connectivity index (χ1n) is 5.77. The second kappa shape index (κ2) is 6.79. The van der Waals surface area contributed by atoms with Crippen molar-refractivity contribution in [3.05, 3.63) is 17.7 Å². The van der Waals surface area contributed by atoms with Crippen LogP contribution in [0, 0.1) is 17.6 Å². The van der Waals surface area contributed by atoms with E-state index >= 15 is 0 Å². The second-order valence-corrected chi connectivity index (χ2v) is 5.25. The largest absolute Gasteiger partial charge is 0.368 e. The summed E-state index contributed by atoms with van der Waals surface area (Å²) >= 11 is 1.33. The first-order chi connectivity index (χ1) is 8.04. The van der Waals surface area contributed by atoms with Crippen LogP contribution in [0.5, 0.6) is 0 Å². The number of nitrogens with zero attached hydrogens (tertiary/aromatic N) is 1. The molecule has 0 fully saturated rings. The molecule has 2 nitrogen and oxygen atoms in total. The van der Waals surface area contributed by atoms with Gasteiger partial charge >= 0.3 is 0 Å². The standard InChI is InChI=1S/C12H18F2N2S/c1-4-15-11-9(13)7-10(14)12(16-11)17-6-5-8(2)3/h7-8H,4-6H2,1-3H3,(H,15,16). The average Bonchev–Trinajstić information content (AvgIpc) is 2.24. The van der Waals surface area contributed by atoms with Crippen molar-refractivity contribution in [2.75, 3.05) is 17.6 Å². The van der Waals surface area contributed by atoms with Crippen LogP contribution in [0.4, 0.5) is 14.6 Å². The van der Waals surface area contributed by atoms with Crippen molar-refractivity contribution in [1.29, 1.82) is 0 Å². The van der Waals surface area contributed by atoms with E-state index in [9.17, 15) is 8.78 Å². The van der Waals surface area contributed by atoms with E-state index in [4.69, 9.17) is 0 Å². The number of nitrogens with one attached hydrogen (secondary N) is 1. The maximum Gasteiger partial charge on any atom is 0.168 e. The van der Waals surface area contributed by atoms with Crippen LogP contribution >= 0.6 is 11.8 Å². The highest BCUT2D eigenvalue weighted by Crippen LogP contribution is 2.25. The highest BCUT2D eigenvalue weighted by Gasteiger charge is 2.11. The summed E-state index contributed by atoms with van der Waals surface area (Å²) < 4.78 is 26.7. The number of aromatic nitrogens is 1. The predicted molar refractivity (Wildman–Crippen MR) is 68.5 cm³/mol. The highest BCUT2D eigenvalue weighted by molar-refractivity contribution is 7.99. The average molecular weight is 260 g/mol. The monoisotopic (exact) mass is 260 g/mol. The van der Waals surface area contributed by atoms with Gasteiger partial charge in [0.25, 0.3) is 0 Å². The molecule has 0 aromatic carbocycles. The molecule has 0 aliphatic heterocycles. The molecule has 1 N–H and O–H groups in total. The van der Waals surface area contributed by atoms with E-state index in [1.807, 2.05) is 6.92 Å². The molecular weight excluding hydrogens is 242 g/mol. The van der Waals surface area contributed by atoms with Crippen LogP contribution < -0.4 is 5.32 Å². The van der Waals surface area contributed by atoms with Gasteiger partial charge in [-0.3, -0.25) is 0 Å². The summed E-state index contributed by atoms with van der Waals surface area (Å²) in [6.45, 7) is 6.62. The Morgan fingerprint density at radius 2 is 2.06 bits per heavy atom. The Hall–Kier alpha value is -0.840. The van der Waals surface area contributed by atoms with Crippen molar-refractivity contribution in [2.45, 2.75) is 32.2 Å². The maximum atomic E-state index is 13.4. The van der Waals surface area contributed by atoms with Crippen LogP contribution in [-0.2, 0) is 0 Å². The van der Waals surface area contributed by atoms with Crippen molar-refractivity contribution in [3.63, 3.8) is 0 Å². The summed E-state index contributed by atoms with van der Waals surface area (Å²) in [6.07, 6.45) is 0.986. The van der Waals surface area contributed by atoms with E-state index in [-0.39, 0.29) is 10.8 Å². The Kier molecular flexibility index (Phi) is 5.68. The molecule has 0 amide bonds. The minimum absolute atomic E-state index is 0.126. The van der Waals surface area contributed by atoms with Crippen LogP contribution in [0.2, 0.25) is 0 Å². The van der Waals surface area contributed by atoms with Gasteiger partial charge in [-0.25, -0.2) is 13.8 Å². The summed E-state index contributed by atoms with van der Waals surface area (Å²) in [4.78, 5) is 3.96. The summed E-state index contributed by atoms with van der Waals surface area (Å²) in [5, 5.41) is 3.04. The molecule has 0 saturated carbocycles. The van der Waals surface area contributed by atoms with Gasteiger partial charge in [0.15, 0.2) is 17.5 Å². The molecule has 1 rings (SSSR count). The lowest BCUT2D eigenvalue weighted by atomic mass is 10.2. The number of pyridine rings is 1. The van der Waals surface area contributed by atoms with Gasteiger partial charge in [0.05, 0.1) is 0 Å². The second-order valence-electron chi connectivity index (χ2n) is 4.17. The summed E-state index contributed by atoms with van der Waals surface area (Å²) in [5.41, 5.74) is 0. The van der Waals surface area contributed by atoms with Crippen molar-refractivity contribution < 1.29 is 8.78 Å². The van der Waals surface area contributed by atoms with Crippen molar-refractivity contribution in [3.8, 4) is 0 Å². The van der Waals surface area contributed by atoms with E-state index in [0.29, 0.717) is 12.5 Å². The van der Waals surface area contributed by atoms with Crippen LogP contribution in [0.25, 0.3) is 0 Å². The van der Waals surface area contributed by atoms with Gasteiger partial charge in [-0.15, -0.1) is 11.8 Å². The fourth-order valence-electron chi connectivity index (χ4n) is 1.23. The van der Waals surface area contributed by atoms with E-state index in [2.05, 4.69) is 24.1 Å². The molecule has 0 saturated heterocycles. The molecular formula is C12H18F2N2S. The van der Waals surface area contributed by atoms with Gasteiger partial charge < -0.3 is 5.32 Å². The molecule has 0 aliphatic rings. The molecule has 0 atom stereocenters. The quantitative estimate of drug-likeness (QED) is 0.784. The first-order valence-corrected chi connectivity index (χ1v) is 6.75. The Bertz CT molecular complexity index is 370. The van der Waals surface area contributed by atoms with Crippen LogP contribution in [0.1, 0.15) is 27.2 Å². The molecule has 0 bridgehead atoms. The van der Waals surface area contributed by atoms with E-state index in [0.717, 1.165) is 18.2 Å². The van der Waals surface area contributed by atoms with Crippen LogP contribution in [0.15, 0.2) is 11.1 Å². The van der Waals surface area contributed by atoms with Crippen molar-refractivity contribution >= 4 is 17.6 Å². The number of hydrogen-bond acceptors (Lipinski definition) is 3. The van der Waals surface area contributed by atoms with Crippen molar-refractivity contribution in [1.82, 2.24) is 4.98 Å². The van der Waals surface area contributed by atoms with Gasteiger partial charge in [-0.2, -0.15) is 0 Å². The van der Waals surface area contributed by atoms with Gasteiger partial charge in [0.2, 0.25) is 0 Å². The fraction of sp³-hybridized carbons (Fsp3) is 0.583. The van der Waals surface area contributed by atoms with Gasteiger partial charge in [-0.05, 0) is 25.0 Å². The predicted octanol–water partition coefficient (Wildman–Crippen LogP) is 3.93. The number of rotatable bonds is 6. The smallest absolute Gasteiger partial charge is 0.168 e. The fourth-order valence-corrected chi connectivity index (χ4v) is 2.37. The van der Waals surface area contributed by atoms with Gasteiger partial charge in [-0.1, -0.05) is 13.8 Å². The van der Waals surface area contributed by atoms with Gasteiger partial charge in [0.1, 0.15) is 5.03 Å². The number of anilines is 1. The third-order valence-corrected chi connectivity index (χ3v) is 3.18. The Balaban J connectivity index is 2.73. The zero-order valence-corrected chi connectivity index (χ0v) is 11.2. The molecule has 17 heavy (non-hydrogen) atoms. The third-order valence-electron chi connectivity index (χ3n) is 2.18. The minimum Gasteiger partial charge on any atom is -0.368 e.